The number of nitrogens with zero attached hydrogens (tertiary/aromatic N) is 1. The van der Waals surface area contributed by atoms with E-state index in [1.165, 1.54) is 6.07 Å². The molecule has 0 bridgehead atoms. The number of hydrogen-bond donors (Lipinski definition) is 1. The topological polar surface area (TPSA) is 49.0 Å². The Labute approximate surface area is 98.5 Å². The predicted octanol–water partition coefficient (Wildman–Crippen LogP) is 2.70. The molecule has 0 fully saturated rings. The summed E-state index contributed by atoms with van der Waals surface area (Å²) in [6, 6.07) is 11.9. The zero-order chi connectivity index (χ0) is 12.1. The number of hydrogen-bond acceptors (Lipinski definition) is 3. The van der Waals surface area contributed by atoms with Crippen LogP contribution in [0.25, 0.3) is 11.3 Å². The SMILES string of the molecule is N#CCNCc1ccc(-c2ccccc2F)o1. The van der Waals surface area contributed by atoms with E-state index in [1.807, 2.05) is 6.07 Å². The summed E-state index contributed by atoms with van der Waals surface area (Å²) in [5.74, 6) is 0.869. The first-order chi connectivity index (χ1) is 8.31. The van der Waals surface area contributed by atoms with Crippen LogP contribution in [0.3, 0.4) is 0 Å². The third-order valence-electron chi connectivity index (χ3n) is 2.30. The summed E-state index contributed by atoms with van der Waals surface area (Å²) >= 11 is 0. The van der Waals surface area contributed by atoms with E-state index in [0.29, 0.717) is 23.6 Å². The van der Waals surface area contributed by atoms with Crippen LogP contribution in [-0.4, -0.2) is 6.54 Å². The minimum Gasteiger partial charge on any atom is -0.460 e. The van der Waals surface area contributed by atoms with Crippen LogP contribution in [0.2, 0.25) is 0 Å². The molecule has 4 heteroatoms. The van der Waals surface area contributed by atoms with Gasteiger partial charge in [-0.3, -0.25) is 5.32 Å². The molecule has 2 rings (SSSR count). The molecular weight excluding hydrogens is 219 g/mol. The summed E-state index contributed by atoms with van der Waals surface area (Å²) in [7, 11) is 0. The summed E-state index contributed by atoms with van der Waals surface area (Å²) in [4.78, 5) is 0. The fraction of sp³-hybridized carbons (Fsp3) is 0.154. The van der Waals surface area contributed by atoms with Crippen molar-refractivity contribution < 1.29 is 8.81 Å². The van der Waals surface area contributed by atoms with Gasteiger partial charge in [-0.1, -0.05) is 12.1 Å². The summed E-state index contributed by atoms with van der Waals surface area (Å²) in [6.45, 7) is 0.720. The molecule has 1 heterocycles. The fourth-order valence-electron chi connectivity index (χ4n) is 1.52. The van der Waals surface area contributed by atoms with Gasteiger partial charge in [0, 0.05) is 0 Å². The molecule has 0 unspecified atom stereocenters. The molecule has 3 nitrogen and oxygen atoms in total. The van der Waals surface area contributed by atoms with Gasteiger partial charge in [-0.05, 0) is 24.3 Å². The van der Waals surface area contributed by atoms with Gasteiger partial charge in [0.05, 0.1) is 24.7 Å². The van der Waals surface area contributed by atoms with Gasteiger partial charge in [0.1, 0.15) is 17.3 Å². The maximum atomic E-state index is 13.5. The van der Waals surface area contributed by atoms with Gasteiger partial charge < -0.3 is 4.42 Å². The van der Waals surface area contributed by atoms with Crippen LogP contribution in [0.15, 0.2) is 40.8 Å². The van der Waals surface area contributed by atoms with Crippen LogP contribution < -0.4 is 5.32 Å². The molecule has 1 aromatic carbocycles. The van der Waals surface area contributed by atoms with Crippen molar-refractivity contribution in [3.8, 4) is 17.4 Å². The second kappa shape index (κ2) is 5.28. The molecule has 0 aliphatic heterocycles. The van der Waals surface area contributed by atoms with Crippen molar-refractivity contribution in [2.75, 3.05) is 6.54 Å². The number of benzene rings is 1. The van der Waals surface area contributed by atoms with Gasteiger partial charge in [-0.2, -0.15) is 5.26 Å². The Morgan fingerprint density at radius 3 is 2.82 bits per heavy atom. The molecule has 86 valence electrons. The average molecular weight is 230 g/mol. The van der Waals surface area contributed by atoms with Crippen LogP contribution in [0, 0.1) is 17.1 Å². The largest absolute Gasteiger partial charge is 0.460 e. The van der Waals surface area contributed by atoms with Crippen molar-refractivity contribution in [2.45, 2.75) is 6.54 Å². The number of nitrogens with one attached hydrogen (secondary N) is 1. The molecule has 0 aliphatic carbocycles. The molecule has 17 heavy (non-hydrogen) atoms. The lowest BCUT2D eigenvalue weighted by atomic mass is 10.1. The summed E-state index contributed by atoms with van der Waals surface area (Å²) < 4.78 is 19.0. The van der Waals surface area contributed by atoms with Gasteiger partial charge in [0.25, 0.3) is 0 Å². The molecule has 0 atom stereocenters. The second-order valence-electron chi connectivity index (χ2n) is 3.51. The fourth-order valence-corrected chi connectivity index (χ4v) is 1.52. The molecule has 0 radical (unpaired) electrons. The second-order valence-corrected chi connectivity index (χ2v) is 3.51. The Hall–Kier alpha value is -2.12. The van der Waals surface area contributed by atoms with Crippen molar-refractivity contribution in [3.05, 3.63) is 48.0 Å². The van der Waals surface area contributed by atoms with E-state index in [0.717, 1.165) is 0 Å². The van der Waals surface area contributed by atoms with E-state index < -0.39 is 0 Å². The smallest absolute Gasteiger partial charge is 0.137 e. The highest BCUT2D eigenvalue weighted by Gasteiger charge is 2.08. The first-order valence-electron chi connectivity index (χ1n) is 5.22. The van der Waals surface area contributed by atoms with Gasteiger partial charge in [-0.15, -0.1) is 0 Å². The van der Waals surface area contributed by atoms with Crippen LogP contribution in [0.4, 0.5) is 4.39 Å². The Morgan fingerprint density at radius 1 is 1.24 bits per heavy atom. The molecule has 0 aliphatic rings. The molecule has 2 aromatic rings. The molecule has 1 N–H and O–H groups in total. The highest BCUT2D eigenvalue weighted by molar-refractivity contribution is 5.58. The number of rotatable bonds is 4. The number of halogens is 1. The Morgan fingerprint density at radius 2 is 2.06 bits per heavy atom. The summed E-state index contributed by atoms with van der Waals surface area (Å²) in [6.07, 6.45) is 0. The standard InChI is InChI=1S/C13H11FN2O/c14-12-4-2-1-3-11(12)13-6-5-10(17-13)9-16-8-7-15/h1-6,16H,8-9H2. The molecule has 0 saturated carbocycles. The molecule has 0 saturated heterocycles. The lowest BCUT2D eigenvalue weighted by Crippen LogP contribution is -2.12. The summed E-state index contributed by atoms with van der Waals surface area (Å²) in [5.41, 5.74) is 0.444. The zero-order valence-corrected chi connectivity index (χ0v) is 9.11. The highest BCUT2D eigenvalue weighted by atomic mass is 19.1. The molecule has 1 aromatic heterocycles. The van der Waals surface area contributed by atoms with Gasteiger partial charge in [0.15, 0.2) is 0 Å². The van der Waals surface area contributed by atoms with E-state index in [4.69, 9.17) is 9.68 Å². The lowest BCUT2D eigenvalue weighted by molar-refractivity contribution is 0.498. The number of furan rings is 1. The number of nitriles is 1. The third-order valence-corrected chi connectivity index (χ3v) is 2.30. The van der Waals surface area contributed by atoms with E-state index in [1.54, 1.807) is 30.3 Å². The van der Waals surface area contributed by atoms with Crippen LogP contribution >= 0.6 is 0 Å². The molecule has 0 amide bonds. The van der Waals surface area contributed by atoms with E-state index in [9.17, 15) is 4.39 Å². The van der Waals surface area contributed by atoms with Crippen molar-refractivity contribution in [2.24, 2.45) is 0 Å². The third kappa shape index (κ3) is 2.71. The molecule has 0 spiro atoms. The molecular formula is C13H11FN2O. The first kappa shape index (κ1) is 11.4. The first-order valence-corrected chi connectivity index (χ1v) is 5.22. The van der Waals surface area contributed by atoms with E-state index in [2.05, 4.69) is 5.32 Å². The lowest BCUT2D eigenvalue weighted by Gasteiger charge is -1.99. The van der Waals surface area contributed by atoms with Gasteiger partial charge >= 0.3 is 0 Å². The zero-order valence-electron chi connectivity index (χ0n) is 9.11. The maximum absolute atomic E-state index is 13.5. The normalized spacial score (nSPS) is 10.1. The predicted molar refractivity (Wildman–Crippen MR) is 61.4 cm³/mol. The minimum absolute atomic E-state index is 0.260. The van der Waals surface area contributed by atoms with Crippen molar-refractivity contribution in [3.63, 3.8) is 0 Å². The quantitative estimate of drug-likeness (QED) is 0.649. The van der Waals surface area contributed by atoms with Crippen LogP contribution in [-0.2, 0) is 6.54 Å². The Bertz CT molecular complexity index is 542. The van der Waals surface area contributed by atoms with Crippen molar-refractivity contribution in [1.29, 1.82) is 5.26 Å². The summed E-state index contributed by atoms with van der Waals surface area (Å²) in [5, 5.41) is 11.3. The van der Waals surface area contributed by atoms with E-state index >= 15 is 0 Å². The minimum atomic E-state index is -0.307. The monoisotopic (exact) mass is 230 g/mol. The highest BCUT2D eigenvalue weighted by Crippen LogP contribution is 2.24. The van der Waals surface area contributed by atoms with Crippen LogP contribution in [0.1, 0.15) is 5.76 Å². The van der Waals surface area contributed by atoms with Crippen molar-refractivity contribution in [1.82, 2.24) is 5.32 Å². The Balaban J connectivity index is 2.14. The van der Waals surface area contributed by atoms with E-state index in [-0.39, 0.29) is 12.4 Å². The van der Waals surface area contributed by atoms with Crippen LogP contribution in [0.5, 0.6) is 0 Å². The Kier molecular flexibility index (Phi) is 3.53. The average Bonchev–Trinajstić information content (AvgIpc) is 2.79. The van der Waals surface area contributed by atoms with Crippen molar-refractivity contribution >= 4 is 0 Å². The van der Waals surface area contributed by atoms with Gasteiger partial charge in [0.2, 0.25) is 0 Å². The maximum Gasteiger partial charge on any atom is 0.137 e. The van der Waals surface area contributed by atoms with Gasteiger partial charge in [-0.25, -0.2) is 4.39 Å².